The molecule has 15 heteroatoms. The van der Waals surface area contributed by atoms with Crippen molar-refractivity contribution in [1.29, 1.82) is 0 Å². The Kier molecular flexibility index (Phi) is 10.4. The van der Waals surface area contributed by atoms with Crippen LogP contribution in [0.2, 0.25) is 0 Å². The molecule has 2 aliphatic rings. The minimum atomic E-state index is -4.59. The Labute approximate surface area is 292 Å². The average Bonchev–Trinajstić information content (AvgIpc) is 3.08. The second-order valence-electron chi connectivity index (χ2n) is 12.8. The summed E-state index contributed by atoms with van der Waals surface area (Å²) >= 11 is 3.51. The van der Waals surface area contributed by atoms with Crippen LogP contribution in [0.3, 0.4) is 0 Å². The summed E-state index contributed by atoms with van der Waals surface area (Å²) in [7, 11) is -1.36. The van der Waals surface area contributed by atoms with Crippen molar-refractivity contribution in [3.63, 3.8) is 0 Å². The van der Waals surface area contributed by atoms with Crippen LogP contribution in [0.1, 0.15) is 31.0 Å². The lowest BCUT2D eigenvalue weighted by Gasteiger charge is -2.41. The number of nitrogens with zero attached hydrogens (tertiary/aromatic N) is 5. The molecule has 0 radical (unpaired) electrons. The highest BCUT2D eigenvalue weighted by atomic mass is 79.9. The molecule has 0 unspecified atom stereocenters. The minimum Gasteiger partial charge on any atom is -0.494 e. The van der Waals surface area contributed by atoms with Crippen molar-refractivity contribution in [1.82, 2.24) is 25.2 Å². The first-order chi connectivity index (χ1) is 23.4. The van der Waals surface area contributed by atoms with Gasteiger partial charge in [-0.3, -0.25) is 4.90 Å². The fourth-order valence-electron chi connectivity index (χ4n) is 6.77. The number of alkyl halides is 3. The summed E-state index contributed by atoms with van der Waals surface area (Å²) in [6.07, 6.45) is 0.0910. The normalized spacial score (nSPS) is 16.6. The molecule has 2 aromatic heterocycles. The summed E-state index contributed by atoms with van der Waals surface area (Å²) in [5.41, 5.74) is 2.62. The fraction of sp³-hybridized carbons (Fsp3) is 0.441. The second-order valence-corrected chi connectivity index (χ2v) is 16.8. The van der Waals surface area contributed by atoms with Crippen molar-refractivity contribution < 1.29 is 22.5 Å². The van der Waals surface area contributed by atoms with E-state index in [4.69, 9.17) is 9.72 Å². The van der Waals surface area contributed by atoms with Crippen LogP contribution in [0.25, 0.3) is 10.9 Å². The van der Waals surface area contributed by atoms with Gasteiger partial charge in [-0.1, -0.05) is 6.92 Å². The molecule has 10 nitrogen and oxygen atoms in total. The fourth-order valence-corrected chi connectivity index (χ4v) is 8.54. The summed E-state index contributed by atoms with van der Waals surface area (Å²) < 4.78 is 60.0. The maximum atomic E-state index is 13.5. The minimum absolute atomic E-state index is 0.106. The molecule has 0 aliphatic carbocycles. The summed E-state index contributed by atoms with van der Waals surface area (Å²) in [5, 5.41) is 10.8. The Hall–Kier alpha value is -3.45. The van der Waals surface area contributed by atoms with Gasteiger partial charge in [0.1, 0.15) is 24.4 Å². The number of hydrogen-bond acceptors (Lipinski definition) is 10. The summed E-state index contributed by atoms with van der Waals surface area (Å²) in [6, 6.07) is 10.1. The maximum Gasteiger partial charge on any atom is 0.433 e. The number of pyridine rings is 1. The molecule has 262 valence electrons. The Morgan fingerprint density at radius 2 is 1.76 bits per heavy atom. The number of methoxy groups -OCH3 is 1. The number of ether oxygens (including phenoxy) is 1. The Morgan fingerprint density at radius 1 is 1.02 bits per heavy atom. The topological polar surface area (TPSA) is 108 Å². The van der Waals surface area contributed by atoms with Gasteiger partial charge < -0.3 is 30.2 Å². The number of piperazine rings is 1. The molecule has 0 saturated carbocycles. The van der Waals surface area contributed by atoms with Crippen molar-refractivity contribution in [2.24, 2.45) is 0 Å². The first kappa shape index (κ1) is 35.4. The smallest absolute Gasteiger partial charge is 0.433 e. The molecule has 0 amide bonds. The van der Waals surface area contributed by atoms with Gasteiger partial charge in [-0.05, 0) is 84.4 Å². The third kappa shape index (κ3) is 7.82. The van der Waals surface area contributed by atoms with Crippen molar-refractivity contribution >= 4 is 68.1 Å². The van der Waals surface area contributed by atoms with Gasteiger partial charge in [-0.25, -0.2) is 9.97 Å². The van der Waals surface area contributed by atoms with E-state index in [-0.39, 0.29) is 5.52 Å². The number of benzene rings is 2. The summed E-state index contributed by atoms with van der Waals surface area (Å²) in [5.74, 6) is 1.34. The second kappa shape index (κ2) is 14.4. The lowest BCUT2D eigenvalue weighted by Crippen LogP contribution is -2.52. The van der Waals surface area contributed by atoms with E-state index in [0.717, 1.165) is 70.3 Å². The summed E-state index contributed by atoms with van der Waals surface area (Å²) in [6.45, 7) is 11.6. The molecule has 4 heterocycles. The Morgan fingerprint density at radius 3 is 2.41 bits per heavy atom. The van der Waals surface area contributed by atoms with Crippen LogP contribution in [0.4, 0.5) is 42.0 Å². The maximum absolute atomic E-state index is 13.5. The van der Waals surface area contributed by atoms with Gasteiger partial charge in [-0.15, -0.1) is 0 Å². The van der Waals surface area contributed by atoms with E-state index in [1.54, 1.807) is 32.7 Å². The van der Waals surface area contributed by atoms with Crippen molar-refractivity contribution in [3.8, 4) is 5.75 Å². The predicted octanol–water partition coefficient (Wildman–Crippen LogP) is 6.99. The van der Waals surface area contributed by atoms with Crippen LogP contribution in [0.5, 0.6) is 5.75 Å². The molecule has 0 atom stereocenters. The number of aromatic nitrogens is 3. The van der Waals surface area contributed by atoms with Crippen molar-refractivity contribution in [3.05, 3.63) is 58.3 Å². The zero-order valence-corrected chi connectivity index (χ0v) is 30.5. The van der Waals surface area contributed by atoms with E-state index >= 15 is 0 Å². The van der Waals surface area contributed by atoms with Crippen LogP contribution >= 0.6 is 23.1 Å². The van der Waals surface area contributed by atoms with E-state index in [1.165, 1.54) is 23.4 Å². The van der Waals surface area contributed by atoms with Crippen LogP contribution in [0, 0.1) is 0 Å². The number of piperidine rings is 1. The quantitative estimate of drug-likeness (QED) is 0.155. The molecule has 6 rings (SSSR count). The number of hydrogen-bond donors (Lipinski definition) is 3. The predicted molar refractivity (Wildman–Crippen MR) is 194 cm³/mol. The van der Waals surface area contributed by atoms with E-state index < -0.39 is 19.0 Å². The number of anilines is 5. The van der Waals surface area contributed by atoms with E-state index in [0.29, 0.717) is 44.4 Å². The summed E-state index contributed by atoms with van der Waals surface area (Å²) in [4.78, 5) is 18.1. The molecule has 0 spiro atoms. The van der Waals surface area contributed by atoms with Crippen LogP contribution < -0.4 is 30.9 Å². The van der Waals surface area contributed by atoms with Crippen LogP contribution in [-0.2, 0) is 17.2 Å². The highest BCUT2D eigenvalue weighted by Crippen LogP contribution is 2.43. The van der Waals surface area contributed by atoms with Gasteiger partial charge in [0.05, 0.1) is 28.5 Å². The number of aryl methyl sites for hydroxylation is 1. The molecular weight excluding hydrogens is 720 g/mol. The lowest BCUT2D eigenvalue weighted by atomic mass is 9.99. The molecule has 2 fully saturated rings. The van der Waals surface area contributed by atoms with E-state index in [1.807, 2.05) is 0 Å². The van der Waals surface area contributed by atoms with Gasteiger partial charge in [0.15, 0.2) is 0 Å². The van der Waals surface area contributed by atoms with Gasteiger partial charge >= 0.3 is 6.18 Å². The first-order valence-corrected chi connectivity index (χ1v) is 19.8. The SMILES string of the molecule is CCc1cc(Nc2ncc(Br)c(Nc3ccc4nc(C(F)(F)F)ccc4c3P(C)(C)=O)n2)c(OC)cc1N1CCC(N2CCNCC2)CC1. The van der Waals surface area contributed by atoms with Gasteiger partial charge in [-0.2, -0.15) is 18.2 Å². The third-order valence-corrected chi connectivity index (χ3v) is 11.3. The van der Waals surface area contributed by atoms with Gasteiger partial charge in [0.25, 0.3) is 0 Å². The van der Waals surface area contributed by atoms with Gasteiger partial charge in [0, 0.05) is 74.0 Å². The number of rotatable bonds is 9. The average molecular weight is 762 g/mol. The van der Waals surface area contributed by atoms with Crippen LogP contribution in [-0.4, -0.2) is 85.6 Å². The zero-order valence-electron chi connectivity index (χ0n) is 28.0. The molecule has 2 saturated heterocycles. The lowest BCUT2D eigenvalue weighted by molar-refractivity contribution is -0.140. The van der Waals surface area contributed by atoms with Crippen molar-refractivity contribution in [2.45, 2.75) is 38.4 Å². The third-order valence-electron chi connectivity index (χ3n) is 9.17. The molecule has 0 bridgehead atoms. The van der Waals surface area contributed by atoms with Crippen molar-refractivity contribution in [2.75, 3.05) is 75.2 Å². The molecule has 2 aromatic carbocycles. The zero-order chi connectivity index (χ0) is 34.9. The monoisotopic (exact) mass is 760 g/mol. The molecular formula is C34H41BrF3N8O2P. The number of halogens is 4. The Balaban J connectivity index is 1.25. The molecule has 2 aliphatic heterocycles. The van der Waals surface area contributed by atoms with Crippen LogP contribution in [0.15, 0.2) is 47.1 Å². The van der Waals surface area contributed by atoms with E-state index in [2.05, 4.69) is 70.7 Å². The largest absolute Gasteiger partial charge is 0.494 e. The molecule has 4 aromatic rings. The standard InChI is InChI=1S/C34H41BrF3N8O2P/c1-5-21-18-27(29(48-2)19-28(21)46-14-10-22(11-15-46)45-16-12-39-13-17-45)43-33-40-20-24(35)32(44-33)42-26-8-7-25-23(31(26)49(3,4)47)6-9-30(41-25)34(36,37)38/h6-9,18-20,22,39H,5,10-17H2,1-4H3,(H2,40,42,43,44). The van der Waals surface area contributed by atoms with Gasteiger partial charge in [0.2, 0.25) is 5.95 Å². The number of nitrogens with one attached hydrogen (secondary N) is 3. The molecule has 49 heavy (non-hydrogen) atoms. The molecule has 3 N–H and O–H groups in total. The highest BCUT2D eigenvalue weighted by molar-refractivity contribution is 9.10. The van der Waals surface area contributed by atoms with E-state index in [9.17, 15) is 17.7 Å². The highest BCUT2D eigenvalue weighted by Gasteiger charge is 2.33. The Bertz CT molecular complexity index is 1870. The number of fused-ring (bicyclic) bond motifs is 1. The first-order valence-electron chi connectivity index (χ1n) is 16.4.